The number of nitrogens with one attached hydrogen (secondary N) is 1. The molecule has 14 heavy (non-hydrogen) atoms. The summed E-state index contributed by atoms with van der Waals surface area (Å²) in [6.07, 6.45) is 9.96. The molecule has 2 atom stereocenters. The third-order valence-electron chi connectivity index (χ3n) is 2.25. The average Bonchev–Trinajstić information content (AvgIpc) is 2.26. The van der Waals surface area contributed by atoms with Crippen molar-refractivity contribution >= 4 is 0 Å². The first kappa shape index (κ1) is 10.7. The van der Waals surface area contributed by atoms with Crippen molar-refractivity contribution in [3.8, 4) is 12.3 Å². The van der Waals surface area contributed by atoms with E-state index >= 15 is 0 Å². The number of aromatic nitrogens is 1. The lowest BCUT2D eigenvalue weighted by atomic mass is 10.1. The zero-order valence-corrected chi connectivity index (χ0v) is 8.70. The predicted molar refractivity (Wildman–Crippen MR) is 58.7 cm³/mol. The summed E-state index contributed by atoms with van der Waals surface area (Å²) in [6.45, 7) is 4.17. The van der Waals surface area contributed by atoms with Crippen LogP contribution in [0.1, 0.15) is 31.9 Å². The first-order valence-corrected chi connectivity index (χ1v) is 4.90. The average molecular weight is 188 g/mol. The van der Waals surface area contributed by atoms with Gasteiger partial charge in [-0.3, -0.25) is 10.3 Å². The van der Waals surface area contributed by atoms with Crippen LogP contribution in [-0.2, 0) is 0 Å². The maximum Gasteiger partial charge on any atom is 0.0688 e. The van der Waals surface area contributed by atoms with Gasteiger partial charge in [0.05, 0.1) is 6.04 Å². The molecular formula is C12H16N2. The van der Waals surface area contributed by atoms with Crippen LogP contribution < -0.4 is 5.32 Å². The first-order chi connectivity index (χ1) is 6.77. The zero-order chi connectivity index (χ0) is 10.4. The molecule has 0 saturated carbocycles. The molecule has 1 heterocycles. The Morgan fingerprint density at radius 2 is 2.43 bits per heavy atom. The molecule has 0 spiro atoms. The first-order valence-electron chi connectivity index (χ1n) is 4.90. The molecule has 1 aromatic heterocycles. The normalized spacial score (nSPS) is 14.4. The quantitative estimate of drug-likeness (QED) is 0.732. The highest BCUT2D eigenvalue weighted by molar-refractivity contribution is 5.14. The smallest absolute Gasteiger partial charge is 0.0688 e. The van der Waals surface area contributed by atoms with Crippen LogP contribution in [0.5, 0.6) is 0 Å². The monoisotopic (exact) mass is 188 g/mol. The van der Waals surface area contributed by atoms with Crippen molar-refractivity contribution in [3.05, 3.63) is 30.1 Å². The second kappa shape index (κ2) is 5.41. The molecule has 2 heteroatoms. The highest BCUT2D eigenvalue weighted by Crippen LogP contribution is 2.11. The molecule has 74 valence electrons. The van der Waals surface area contributed by atoms with Crippen molar-refractivity contribution < 1.29 is 0 Å². The minimum absolute atomic E-state index is 0.144. The van der Waals surface area contributed by atoms with Gasteiger partial charge in [-0.2, -0.15) is 0 Å². The van der Waals surface area contributed by atoms with Crippen LogP contribution >= 0.6 is 0 Å². The minimum atomic E-state index is 0.144. The van der Waals surface area contributed by atoms with Crippen LogP contribution in [0.4, 0.5) is 0 Å². The molecule has 1 rings (SSSR count). The lowest BCUT2D eigenvalue weighted by molar-refractivity contribution is 0.511. The fourth-order valence-corrected chi connectivity index (χ4v) is 1.31. The molecule has 0 saturated heterocycles. The van der Waals surface area contributed by atoms with Gasteiger partial charge in [0, 0.05) is 18.4 Å². The molecule has 2 unspecified atom stereocenters. The van der Waals surface area contributed by atoms with Crippen molar-refractivity contribution in [1.29, 1.82) is 0 Å². The van der Waals surface area contributed by atoms with Gasteiger partial charge in [0.15, 0.2) is 0 Å². The lowest BCUT2D eigenvalue weighted by Crippen LogP contribution is -2.29. The summed E-state index contributed by atoms with van der Waals surface area (Å²) in [4.78, 5) is 4.07. The fourth-order valence-electron chi connectivity index (χ4n) is 1.31. The van der Waals surface area contributed by atoms with Gasteiger partial charge >= 0.3 is 0 Å². The number of hydrogen-bond donors (Lipinski definition) is 1. The van der Waals surface area contributed by atoms with Gasteiger partial charge in [-0.1, -0.05) is 18.9 Å². The van der Waals surface area contributed by atoms with E-state index in [4.69, 9.17) is 6.42 Å². The molecule has 2 nitrogen and oxygen atoms in total. The highest BCUT2D eigenvalue weighted by Gasteiger charge is 2.08. The maximum absolute atomic E-state index is 5.38. The SMILES string of the molecule is C#CC(CC)NC(C)c1cccnc1. The summed E-state index contributed by atoms with van der Waals surface area (Å²) >= 11 is 0. The van der Waals surface area contributed by atoms with Crippen LogP contribution in [0.2, 0.25) is 0 Å². The summed E-state index contributed by atoms with van der Waals surface area (Å²) in [5.41, 5.74) is 1.17. The van der Waals surface area contributed by atoms with E-state index in [1.807, 2.05) is 18.3 Å². The Labute approximate surface area is 85.8 Å². The molecule has 0 fully saturated rings. The molecule has 1 N–H and O–H groups in total. The summed E-state index contributed by atoms with van der Waals surface area (Å²) in [6, 6.07) is 4.38. The Bertz CT molecular complexity index is 300. The van der Waals surface area contributed by atoms with Crippen molar-refractivity contribution in [2.45, 2.75) is 32.4 Å². The molecule has 0 aromatic carbocycles. The Kier molecular flexibility index (Phi) is 4.15. The topological polar surface area (TPSA) is 24.9 Å². The van der Waals surface area contributed by atoms with Crippen molar-refractivity contribution in [1.82, 2.24) is 10.3 Å². The van der Waals surface area contributed by atoms with Gasteiger partial charge in [-0.25, -0.2) is 0 Å². The standard InChI is InChI=1S/C12H16N2/c1-4-12(5-2)14-10(3)11-7-6-8-13-9-11/h1,6-10,12,14H,5H2,2-3H3. The van der Waals surface area contributed by atoms with Gasteiger partial charge in [-0.05, 0) is 25.0 Å². The molecular weight excluding hydrogens is 172 g/mol. The van der Waals surface area contributed by atoms with E-state index in [1.54, 1.807) is 6.20 Å². The Morgan fingerprint density at radius 3 is 2.93 bits per heavy atom. The lowest BCUT2D eigenvalue weighted by Gasteiger charge is -2.17. The number of hydrogen-bond acceptors (Lipinski definition) is 2. The van der Waals surface area contributed by atoms with E-state index in [2.05, 4.69) is 30.1 Å². The summed E-state index contributed by atoms with van der Waals surface area (Å²) in [5, 5.41) is 3.36. The summed E-state index contributed by atoms with van der Waals surface area (Å²) in [7, 11) is 0. The van der Waals surface area contributed by atoms with E-state index in [1.165, 1.54) is 5.56 Å². The fraction of sp³-hybridized carbons (Fsp3) is 0.417. The van der Waals surface area contributed by atoms with Crippen LogP contribution in [0.25, 0.3) is 0 Å². The van der Waals surface area contributed by atoms with E-state index < -0.39 is 0 Å². The maximum atomic E-state index is 5.38. The molecule has 0 aliphatic carbocycles. The van der Waals surface area contributed by atoms with Gasteiger partial charge in [0.1, 0.15) is 0 Å². The van der Waals surface area contributed by atoms with Crippen LogP contribution in [0, 0.1) is 12.3 Å². The minimum Gasteiger partial charge on any atom is -0.297 e. The van der Waals surface area contributed by atoms with Crippen molar-refractivity contribution in [2.75, 3.05) is 0 Å². The van der Waals surface area contributed by atoms with Crippen molar-refractivity contribution in [2.24, 2.45) is 0 Å². The number of pyridine rings is 1. The van der Waals surface area contributed by atoms with Gasteiger partial charge < -0.3 is 0 Å². The van der Waals surface area contributed by atoms with E-state index in [0.717, 1.165) is 6.42 Å². The molecule has 0 aliphatic heterocycles. The van der Waals surface area contributed by atoms with Crippen LogP contribution in [0.3, 0.4) is 0 Å². The molecule has 1 aromatic rings. The third kappa shape index (κ3) is 2.86. The van der Waals surface area contributed by atoms with E-state index in [9.17, 15) is 0 Å². The second-order valence-electron chi connectivity index (χ2n) is 3.30. The number of terminal acetylenes is 1. The third-order valence-corrected chi connectivity index (χ3v) is 2.25. The van der Waals surface area contributed by atoms with Gasteiger partial charge in [-0.15, -0.1) is 6.42 Å². The Hall–Kier alpha value is -1.33. The largest absolute Gasteiger partial charge is 0.297 e. The molecule has 0 aliphatic rings. The number of nitrogens with zero attached hydrogens (tertiary/aromatic N) is 1. The predicted octanol–water partition coefficient (Wildman–Crippen LogP) is 2.14. The Balaban J connectivity index is 2.59. The highest BCUT2D eigenvalue weighted by atomic mass is 14.9. The summed E-state index contributed by atoms with van der Waals surface area (Å²) in [5.74, 6) is 2.72. The molecule has 0 radical (unpaired) electrons. The molecule has 0 amide bonds. The van der Waals surface area contributed by atoms with Crippen LogP contribution in [-0.4, -0.2) is 11.0 Å². The zero-order valence-electron chi connectivity index (χ0n) is 8.70. The second-order valence-corrected chi connectivity index (χ2v) is 3.30. The number of rotatable bonds is 4. The van der Waals surface area contributed by atoms with Gasteiger partial charge in [0.25, 0.3) is 0 Å². The van der Waals surface area contributed by atoms with Crippen molar-refractivity contribution in [3.63, 3.8) is 0 Å². The van der Waals surface area contributed by atoms with E-state index in [0.29, 0.717) is 0 Å². The Morgan fingerprint density at radius 1 is 1.64 bits per heavy atom. The van der Waals surface area contributed by atoms with E-state index in [-0.39, 0.29) is 12.1 Å². The summed E-state index contributed by atoms with van der Waals surface area (Å²) < 4.78 is 0. The molecule has 0 bridgehead atoms. The van der Waals surface area contributed by atoms with Gasteiger partial charge in [0.2, 0.25) is 0 Å². The van der Waals surface area contributed by atoms with Crippen LogP contribution in [0.15, 0.2) is 24.5 Å².